The smallest absolute Gasteiger partial charge is 0.237 e. The van der Waals surface area contributed by atoms with Gasteiger partial charge in [0.25, 0.3) is 0 Å². The van der Waals surface area contributed by atoms with E-state index in [2.05, 4.69) is 10.2 Å². The number of aryl methyl sites for hydroxylation is 1. The van der Waals surface area contributed by atoms with Gasteiger partial charge in [-0.15, -0.1) is 10.2 Å². The summed E-state index contributed by atoms with van der Waals surface area (Å²) in [6.07, 6.45) is 1.63. The minimum atomic E-state index is 0.0687. The zero-order valence-electron chi connectivity index (χ0n) is 11.9. The van der Waals surface area contributed by atoms with Crippen molar-refractivity contribution < 1.29 is 4.79 Å². The van der Waals surface area contributed by atoms with E-state index in [-0.39, 0.29) is 11.9 Å². The lowest BCUT2D eigenvalue weighted by Gasteiger charge is -2.26. The van der Waals surface area contributed by atoms with Gasteiger partial charge in [-0.1, -0.05) is 30.0 Å². The van der Waals surface area contributed by atoms with Crippen LogP contribution in [0, 0.1) is 0 Å². The van der Waals surface area contributed by atoms with Gasteiger partial charge in [-0.3, -0.25) is 4.79 Å². The third-order valence-corrected chi connectivity index (χ3v) is 3.83. The number of nitrogens with zero attached hydrogens (tertiary/aromatic N) is 4. The fourth-order valence-electron chi connectivity index (χ4n) is 1.92. The molecule has 6 heteroatoms. The summed E-state index contributed by atoms with van der Waals surface area (Å²) in [6.45, 7) is 4.02. The molecule has 20 heavy (non-hydrogen) atoms. The summed E-state index contributed by atoms with van der Waals surface area (Å²) >= 11 is 1.40. The van der Waals surface area contributed by atoms with Crippen LogP contribution in [0.15, 0.2) is 41.8 Å². The van der Waals surface area contributed by atoms with E-state index in [1.807, 2.05) is 56.1 Å². The number of para-hydroxylation sites is 1. The fraction of sp³-hybridized carbons (Fsp3) is 0.357. The summed E-state index contributed by atoms with van der Waals surface area (Å²) in [5.41, 5.74) is 0.922. The van der Waals surface area contributed by atoms with Gasteiger partial charge in [0.05, 0.1) is 5.75 Å². The number of aromatic nitrogens is 3. The molecular formula is C14H18N4OS. The number of carbonyl (C=O) groups excluding carboxylic acids is 1. The molecule has 0 aliphatic rings. The minimum Gasteiger partial charge on any atom is -0.312 e. The highest BCUT2D eigenvalue weighted by atomic mass is 32.2. The van der Waals surface area contributed by atoms with Crippen molar-refractivity contribution in [1.82, 2.24) is 14.8 Å². The van der Waals surface area contributed by atoms with Crippen molar-refractivity contribution in [3.05, 3.63) is 36.7 Å². The predicted molar refractivity (Wildman–Crippen MR) is 80.8 cm³/mol. The standard InChI is InChI=1S/C14H18N4OS/c1-11(2)18(12-7-5-4-6-8-12)13(19)9-20-14-16-15-10-17(14)3/h4-8,10-11H,9H2,1-3H3. The number of hydrogen-bond donors (Lipinski definition) is 0. The van der Waals surface area contributed by atoms with Crippen molar-refractivity contribution in [2.24, 2.45) is 7.05 Å². The van der Waals surface area contributed by atoms with Gasteiger partial charge in [0.1, 0.15) is 6.33 Å². The quantitative estimate of drug-likeness (QED) is 0.793. The molecule has 1 aromatic heterocycles. The molecule has 0 saturated carbocycles. The second-order valence-electron chi connectivity index (χ2n) is 4.71. The molecule has 0 unspecified atom stereocenters. The lowest BCUT2D eigenvalue weighted by atomic mass is 10.2. The molecule has 0 spiro atoms. The van der Waals surface area contributed by atoms with Gasteiger partial charge in [0.15, 0.2) is 5.16 Å². The summed E-state index contributed by atoms with van der Waals surface area (Å²) in [4.78, 5) is 14.2. The van der Waals surface area contributed by atoms with Gasteiger partial charge in [-0.2, -0.15) is 0 Å². The van der Waals surface area contributed by atoms with Gasteiger partial charge < -0.3 is 9.47 Å². The first-order valence-corrected chi connectivity index (χ1v) is 7.42. The van der Waals surface area contributed by atoms with Crippen LogP contribution in [0.3, 0.4) is 0 Å². The van der Waals surface area contributed by atoms with Crippen LogP contribution in [0.2, 0.25) is 0 Å². The van der Waals surface area contributed by atoms with Crippen LogP contribution in [0.4, 0.5) is 5.69 Å². The lowest BCUT2D eigenvalue weighted by Crippen LogP contribution is -2.38. The third kappa shape index (κ3) is 3.39. The highest BCUT2D eigenvalue weighted by Crippen LogP contribution is 2.20. The third-order valence-electron chi connectivity index (χ3n) is 2.81. The summed E-state index contributed by atoms with van der Waals surface area (Å²) in [5, 5.41) is 8.52. The van der Waals surface area contributed by atoms with Gasteiger partial charge >= 0.3 is 0 Å². The average Bonchev–Trinajstić information content (AvgIpc) is 2.83. The van der Waals surface area contributed by atoms with E-state index < -0.39 is 0 Å². The molecule has 1 amide bonds. The number of hydrogen-bond acceptors (Lipinski definition) is 4. The van der Waals surface area contributed by atoms with Crippen LogP contribution in [-0.2, 0) is 11.8 Å². The Bertz CT molecular complexity index is 568. The molecule has 1 aromatic carbocycles. The molecule has 0 bridgehead atoms. The predicted octanol–water partition coefficient (Wildman–Crippen LogP) is 2.35. The van der Waals surface area contributed by atoms with Gasteiger partial charge in [-0.05, 0) is 26.0 Å². The van der Waals surface area contributed by atoms with E-state index in [4.69, 9.17) is 0 Å². The van der Waals surface area contributed by atoms with E-state index in [1.165, 1.54) is 11.8 Å². The number of rotatable bonds is 5. The number of benzene rings is 1. The van der Waals surface area contributed by atoms with Crippen LogP contribution in [0.1, 0.15) is 13.8 Å². The SMILES string of the molecule is CC(C)N(C(=O)CSc1nncn1C)c1ccccc1. The van der Waals surface area contributed by atoms with E-state index in [0.29, 0.717) is 5.75 Å². The van der Waals surface area contributed by atoms with Crippen molar-refractivity contribution in [2.45, 2.75) is 25.0 Å². The molecule has 0 N–H and O–H groups in total. The number of anilines is 1. The molecule has 5 nitrogen and oxygen atoms in total. The summed E-state index contributed by atoms with van der Waals surface area (Å²) in [5.74, 6) is 0.416. The minimum absolute atomic E-state index is 0.0687. The largest absolute Gasteiger partial charge is 0.312 e. The normalized spacial score (nSPS) is 10.8. The van der Waals surface area contributed by atoms with Gasteiger partial charge in [0, 0.05) is 18.8 Å². The van der Waals surface area contributed by atoms with Crippen LogP contribution in [-0.4, -0.2) is 32.5 Å². The first kappa shape index (κ1) is 14.6. The molecule has 0 radical (unpaired) electrons. The molecule has 106 valence electrons. The maximum absolute atomic E-state index is 12.4. The Labute approximate surface area is 123 Å². The fourth-order valence-corrected chi connectivity index (χ4v) is 2.67. The molecule has 0 saturated heterocycles. The first-order chi connectivity index (χ1) is 9.59. The lowest BCUT2D eigenvalue weighted by molar-refractivity contribution is -0.116. The summed E-state index contributed by atoms with van der Waals surface area (Å²) < 4.78 is 1.81. The Hall–Kier alpha value is -1.82. The topological polar surface area (TPSA) is 51.0 Å². The van der Waals surface area contributed by atoms with Gasteiger partial charge in [-0.25, -0.2) is 0 Å². The van der Waals surface area contributed by atoms with Crippen molar-refractivity contribution in [3.63, 3.8) is 0 Å². The van der Waals surface area contributed by atoms with Crippen LogP contribution in [0.25, 0.3) is 0 Å². The summed E-state index contributed by atoms with van der Waals surface area (Å²) in [7, 11) is 1.87. The number of amides is 1. The molecule has 2 rings (SSSR count). The molecule has 0 aliphatic heterocycles. The highest BCUT2D eigenvalue weighted by molar-refractivity contribution is 7.99. The average molecular weight is 290 g/mol. The monoisotopic (exact) mass is 290 g/mol. The molecule has 0 fully saturated rings. The zero-order chi connectivity index (χ0) is 14.5. The maximum atomic E-state index is 12.4. The van der Waals surface area contributed by atoms with Crippen molar-refractivity contribution in [1.29, 1.82) is 0 Å². The summed E-state index contributed by atoms with van der Waals surface area (Å²) in [6, 6.07) is 9.84. The van der Waals surface area contributed by atoms with E-state index in [1.54, 1.807) is 10.9 Å². The number of thioether (sulfide) groups is 1. The van der Waals surface area contributed by atoms with Crippen LogP contribution >= 0.6 is 11.8 Å². The second-order valence-corrected chi connectivity index (χ2v) is 5.65. The molecular weight excluding hydrogens is 272 g/mol. The molecule has 0 aliphatic carbocycles. The van der Waals surface area contributed by atoms with Crippen molar-refractivity contribution in [2.75, 3.05) is 10.7 Å². The molecule has 2 aromatic rings. The zero-order valence-corrected chi connectivity index (χ0v) is 12.7. The number of carbonyl (C=O) groups is 1. The Balaban J connectivity index is 2.07. The first-order valence-electron chi connectivity index (χ1n) is 6.43. The molecule has 0 atom stereocenters. The van der Waals surface area contributed by atoms with Gasteiger partial charge in [0.2, 0.25) is 5.91 Å². The van der Waals surface area contributed by atoms with Crippen LogP contribution in [0.5, 0.6) is 0 Å². The van der Waals surface area contributed by atoms with Crippen molar-refractivity contribution in [3.8, 4) is 0 Å². The van der Waals surface area contributed by atoms with E-state index in [0.717, 1.165) is 10.8 Å². The molecule has 1 heterocycles. The van der Waals surface area contributed by atoms with E-state index in [9.17, 15) is 4.79 Å². The van der Waals surface area contributed by atoms with Crippen molar-refractivity contribution >= 4 is 23.4 Å². The van der Waals surface area contributed by atoms with Crippen LogP contribution < -0.4 is 4.90 Å². The Morgan fingerprint density at radius 1 is 1.35 bits per heavy atom. The highest BCUT2D eigenvalue weighted by Gasteiger charge is 2.19. The Kier molecular flexibility index (Phi) is 4.79. The Morgan fingerprint density at radius 3 is 2.60 bits per heavy atom. The second kappa shape index (κ2) is 6.56. The van der Waals surface area contributed by atoms with E-state index >= 15 is 0 Å². The maximum Gasteiger partial charge on any atom is 0.237 e. The Morgan fingerprint density at radius 2 is 2.05 bits per heavy atom.